The molecule has 0 aliphatic rings. The van der Waals surface area contributed by atoms with Crippen molar-refractivity contribution in [1.82, 2.24) is 0 Å². The molecule has 9 heavy (non-hydrogen) atoms. The number of hydrogen-bond acceptors (Lipinski definition) is 3. The van der Waals surface area contributed by atoms with E-state index in [9.17, 15) is 0 Å². The number of aliphatic hydroxyl groups excluding tert-OH is 1. The zero-order valence-corrected chi connectivity index (χ0v) is 5.62. The largest absolute Gasteiger partial charge is 0.451 e. The topological polar surface area (TPSA) is 60.7 Å². The minimum Gasteiger partial charge on any atom is -0.427 e. The molecule has 54 valence electrons. The third kappa shape index (κ3) is 5.82. The average molecular weight is 132 g/mol. The summed E-state index contributed by atoms with van der Waals surface area (Å²) in [7, 11) is -1.27. The Morgan fingerprint density at radius 1 is 1.44 bits per heavy atom. The lowest BCUT2D eigenvalue weighted by molar-refractivity contribution is 0.163. The van der Waals surface area contributed by atoms with Gasteiger partial charge in [0, 0.05) is 0 Å². The highest BCUT2D eigenvalue weighted by Crippen LogP contribution is 2.01. The molecule has 0 aliphatic carbocycles. The van der Waals surface area contributed by atoms with Gasteiger partial charge in [-0.25, -0.2) is 0 Å². The summed E-state index contributed by atoms with van der Waals surface area (Å²) in [4.78, 5) is 0. The van der Waals surface area contributed by atoms with Crippen LogP contribution in [0.4, 0.5) is 0 Å². The molecule has 0 bridgehead atoms. The first kappa shape index (κ1) is 8.94. The molecule has 0 rings (SSSR count). The van der Waals surface area contributed by atoms with E-state index in [0.717, 1.165) is 0 Å². The van der Waals surface area contributed by atoms with Gasteiger partial charge in [-0.05, 0) is 19.2 Å². The molecule has 0 aromatic rings. The summed E-state index contributed by atoms with van der Waals surface area (Å²) in [6.45, 7) is 1.86. The van der Waals surface area contributed by atoms with Crippen molar-refractivity contribution < 1.29 is 15.2 Å². The van der Waals surface area contributed by atoms with Gasteiger partial charge >= 0.3 is 7.12 Å². The van der Waals surface area contributed by atoms with Gasteiger partial charge in [0.15, 0.2) is 0 Å². The van der Waals surface area contributed by atoms with Gasteiger partial charge in [0.05, 0.1) is 6.10 Å². The van der Waals surface area contributed by atoms with Crippen LogP contribution in [0.1, 0.15) is 19.8 Å². The summed E-state index contributed by atoms with van der Waals surface area (Å²) in [6, 6.07) is 0. The van der Waals surface area contributed by atoms with E-state index in [2.05, 4.69) is 0 Å². The van der Waals surface area contributed by atoms with E-state index < -0.39 is 7.12 Å². The second-order valence-electron chi connectivity index (χ2n) is 2.12. The number of hydrogen-bond donors (Lipinski definition) is 3. The molecule has 3 nitrogen and oxygen atoms in total. The third-order valence-corrected chi connectivity index (χ3v) is 1.23. The minimum absolute atomic E-state index is 0.259. The molecule has 0 heterocycles. The summed E-state index contributed by atoms with van der Waals surface area (Å²) in [5.41, 5.74) is 0. The molecule has 0 aromatic heterocycles. The molecule has 0 saturated heterocycles. The number of rotatable bonds is 4. The summed E-state index contributed by atoms with van der Waals surface area (Å²) in [5.74, 6) is 0. The highest BCUT2D eigenvalue weighted by atomic mass is 16.4. The van der Waals surface area contributed by atoms with Crippen molar-refractivity contribution in [1.29, 1.82) is 0 Å². The van der Waals surface area contributed by atoms with E-state index in [-0.39, 0.29) is 12.4 Å². The maximum atomic E-state index is 8.88. The molecule has 0 aliphatic heterocycles. The Morgan fingerprint density at radius 3 is 2.33 bits per heavy atom. The van der Waals surface area contributed by atoms with Gasteiger partial charge in [-0.1, -0.05) is 6.92 Å². The second-order valence-corrected chi connectivity index (χ2v) is 2.12. The Hall–Kier alpha value is -0.0551. The molecule has 0 aromatic carbocycles. The van der Waals surface area contributed by atoms with E-state index in [1.165, 1.54) is 0 Å². The summed E-state index contributed by atoms with van der Waals surface area (Å²) in [6.07, 6.45) is 1.02. The van der Waals surface area contributed by atoms with E-state index >= 15 is 0 Å². The lowest BCUT2D eigenvalue weighted by Gasteiger charge is -2.04. The van der Waals surface area contributed by atoms with Crippen LogP contribution >= 0.6 is 0 Å². The average Bonchev–Trinajstić information content (AvgIpc) is 1.83. The fourth-order valence-electron chi connectivity index (χ4n) is 0.546. The summed E-state index contributed by atoms with van der Waals surface area (Å²) in [5, 5.41) is 25.6. The summed E-state index contributed by atoms with van der Waals surface area (Å²) >= 11 is 0. The van der Waals surface area contributed by atoms with Crippen LogP contribution in [0.15, 0.2) is 0 Å². The highest BCUT2D eigenvalue weighted by molar-refractivity contribution is 6.40. The van der Waals surface area contributed by atoms with Gasteiger partial charge in [-0.3, -0.25) is 0 Å². The van der Waals surface area contributed by atoms with Crippen molar-refractivity contribution in [2.24, 2.45) is 0 Å². The van der Waals surface area contributed by atoms with E-state index in [4.69, 9.17) is 15.2 Å². The van der Waals surface area contributed by atoms with Gasteiger partial charge < -0.3 is 15.2 Å². The van der Waals surface area contributed by atoms with Gasteiger partial charge in [0.25, 0.3) is 0 Å². The van der Waals surface area contributed by atoms with Crippen LogP contribution in [0.2, 0.25) is 6.32 Å². The van der Waals surface area contributed by atoms with Crippen molar-refractivity contribution in [2.75, 3.05) is 0 Å². The Balaban J connectivity index is 3.06. The van der Waals surface area contributed by atoms with E-state index in [1.807, 2.05) is 6.92 Å². The smallest absolute Gasteiger partial charge is 0.427 e. The molecule has 0 fully saturated rings. The molecule has 0 spiro atoms. The van der Waals surface area contributed by atoms with Crippen LogP contribution in [0.3, 0.4) is 0 Å². The van der Waals surface area contributed by atoms with Gasteiger partial charge in [0.1, 0.15) is 0 Å². The van der Waals surface area contributed by atoms with Gasteiger partial charge in [0.2, 0.25) is 0 Å². The fourth-order valence-corrected chi connectivity index (χ4v) is 0.546. The minimum atomic E-state index is -1.27. The maximum Gasteiger partial charge on any atom is 0.451 e. The first-order valence-electron chi connectivity index (χ1n) is 3.21. The predicted molar refractivity (Wildman–Crippen MR) is 35.9 cm³/mol. The van der Waals surface area contributed by atoms with Crippen LogP contribution in [-0.2, 0) is 0 Å². The Bertz CT molecular complexity index is 67.2. The Morgan fingerprint density at radius 2 is 2.00 bits per heavy atom. The normalized spacial score (nSPS) is 13.3. The van der Waals surface area contributed by atoms with Crippen molar-refractivity contribution >= 4 is 7.12 Å². The summed E-state index contributed by atoms with van der Waals surface area (Å²) < 4.78 is 0. The van der Waals surface area contributed by atoms with Crippen LogP contribution in [0, 0.1) is 0 Å². The molecule has 4 heteroatoms. The first-order valence-corrected chi connectivity index (χ1v) is 3.21. The lowest BCUT2D eigenvalue weighted by Crippen LogP contribution is -2.14. The van der Waals surface area contributed by atoms with Gasteiger partial charge in [-0.2, -0.15) is 0 Å². The molecule has 1 unspecified atom stereocenters. The monoisotopic (exact) mass is 132 g/mol. The molecule has 3 N–H and O–H groups in total. The Kier molecular flexibility index (Phi) is 4.76. The molecular formula is C5H13BO3. The molecular weight excluding hydrogens is 119 g/mol. The van der Waals surface area contributed by atoms with E-state index in [0.29, 0.717) is 12.8 Å². The fraction of sp³-hybridized carbons (Fsp3) is 1.00. The Labute approximate surface area is 55.5 Å². The second kappa shape index (κ2) is 4.79. The van der Waals surface area contributed by atoms with Crippen LogP contribution in [0.5, 0.6) is 0 Å². The van der Waals surface area contributed by atoms with Crippen LogP contribution in [-0.4, -0.2) is 28.4 Å². The SMILES string of the molecule is CCC(O)CCB(O)O. The lowest BCUT2D eigenvalue weighted by atomic mass is 9.83. The van der Waals surface area contributed by atoms with Gasteiger partial charge in [-0.15, -0.1) is 0 Å². The first-order chi connectivity index (χ1) is 4.16. The third-order valence-electron chi connectivity index (χ3n) is 1.23. The van der Waals surface area contributed by atoms with Crippen LogP contribution < -0.4 is 0 Å². The van der Waals surface area contributed by atoms with Crippen molar-refractivity contribution in [3.63, 3.8) is 0 Å². The zero-order chi connectivity index (χ0) is 7.28. The quantitative estimate of drug-likeness (QED) is 0.457. The van der Waals surface area contributed by atoms with Crippen molar-refractivity contribution in [2.45, 2.75) is 32.2 Å². The number of aliphatic hydroxyl groups is 1. The van der Waals surface area contributed by atoms with Crippen molar-refractivity contribution in [3.8, 4) is 0 Å². The zero-order valence-electron chi connectivity index (χ0n) is 5.62. The standard InChI is InChI=1S/C5H13BO3/c1-2-5(7)3-4-6(8)9/h5,7-9H,2-4H2,1H3. The molecule has 0 radical (unpaired) electrons. The highest BCUT2D eigenvalue weighted by Gasteiger charge is 2.08. The van der Waals surface area contributed by atoms with Crippen LogP contribution in [0.25, 0.3) is 0 Å². The van der Waals surface area contributed by atoms with E-state index in [1.54, 1.807) is 0 Å². The molecule has 0 amide bonds. The molecule has 0 saturated carbocycles. The van der Waals surface area contributed by atoms with Crippen molar-refractivity contribution in [3.05, 3.63) is 0 Å². The predicted octanol–water partition coefficient (Wildman–Crippen LogP) is -0.380. The maximum absolute atomic E-state index is 8.88. The molecule has 1 atom stereocenters.